The van der Waals surface area contributed by atoms with Gasteiger partial charge in [-0.2, -0.15) is 0 Å². The molecule has 26 heavy (non-hydrogen) atoms. The van der Waals surface area contributed by atoms with E-state index in [0.717, 1.165) is 38.5 Å². The number of hydrogen-bond acceptors (Lipinski definition) is 4. The minimum absolute atomic E-state index is 0.0278. The number of nitrogens with zero attached hydrogens (tertiary/aromatic N) is 1. The van der Waals surface area contributed by atoms with Gasteiger partial charge in [-0.3, -0.25) is 19.5 Å². The molecule has 0 amide bonds. The van der Waals surface area contributed by atoms with Crippen LogP contribution in [-0.4, -0.2) is 14.9 Å². The molecule has 0 fully saturated rings. The van der Waals surface area contributed by atoms with Gasteiger partial charge in [0.1, 0.15) is 0 Å². The largest absolute Gasteiger partial charge is 0.503 e. The van der Waals surface area contributed by atoms with Gasteiger partial charge in [0.05, 0.1) is 17.2 Å². The van der Waals surface area contributed by atoms with E-state index in [4.69, 9.17) is 0 Å². The highest BCUT2D eigenvalue weighted by Gasteiger charge is 2.31. The zero-order valence-electron chi connectivity index (χ0n) is 16.2. The SMILES string of the molecule is CCCCC(C(CC)CCC)n1[nH]c(CC)c(-c2c(O)c(=O)c2=O)c1=O. The van der Waals surface area contributed by atoms with Crippen molar-refractivity contribution in [3.05, 3.63) is 36.5 Å². The Morgan fingerprint density at radius 3 is 2.15 bits per heavy atom. The molecule has 2 N–H and O–H groups in total. The van der Waals surface area contributed by atoms with Gasteiger partial charge in [0.2, 0.25) is 5.43 Å². The minimum Gasteiger partial charge on any atom is -0.503 e. The third-order valence-corrected chi connectivity index (χ3v) is 5.39. The van der Waals surface area contributed by atoms with Crippen molar-refractivity contribution in [1.29, 1.82) is 0 Å². The molecular weight excluding hydrogens is 332 g/mol. The molecule has 2 unspecified atom stereocenters. The van der Waals surface area contributed by atoms with E-state index < -0.39 is 16.6 Å². The maximum absolute atomic E-state index is 13.1. The highest BCUT2D eigenvalue weighted by Crippen LogP contribution is 2.31. The fourth-order valence-corrected chi connectivity index (χ4v) is 3.89. The normalized spacial score (nSPS) is 14.0. The number of aromatic hydroxyl groups is 1. The summed E-state index contributed by atoms with van der Waals surface area (Å²) in [5, 5.41) is 13.0. The zero-order valence-corrected chi connectivity index (χ0v) is 16.2. The molecule has 0 saturated heterocycles. The number of aromatic amines is 1. The Hall–Kier alpha value is -2.11. The number of unbranched alkanes of at least 4 members (excludes halogenated alkanes) is 1. The molecule has 0 aliphatic heterocycles. The zero-order chi connectivity index (χ0) is 19.4. The van der Waals surface area contributed by atoms with Crippen LogP contribution >= 0.6 is 0 Å². The lowest BCUT2D eigenvalue weighted by Gasteiger charge is -2.26. The average Bonchev–Trinajstić information content (AvgIpc) is 2.97. The van der Waals surface area contributed by atoms with Gasteiger partial charge < -0.3 is 5.11 Å². The van der Waals surface area contributed by atoms with Crippen molar-refractivity contribution in [2.45, 2.75) is 78.7 Å². The summed E-state index contributed by atoms with van der Waals surface area (Å²) in [6.07, 6.45) is 6.49. The summed E-state index contributed by atoms with van der Waals surface area (Å²) in [6.45, 7) is 8.28. The highest BCUT2D eigenvalue weighted by molar-refractivity contribution is 5.74. The van der Waals surface area contributed by atoms with E-state index in [0.29, 0.717) is 18.0 Å². The van der Waals surface area contributed by atoms with Crippen LogP contribution in [0, 0.1) is 5.92 Å². The first-order valence-electron chi connectivity index (χ1n) is 9.78. The van der Waals surface area contributed by atoms with Crippen molar-refractivity contribution >= 4 is 0 Å². The van der Waals surface area contributed by atoms with E-state index in [9.17, 15) is 19.5 Å². The van der Waals surface area contributed by atoms with Crippen LogP contribution in [0.25, 0.3) is 11.1 Å². The summed E-state index contributed by atoms with van der Waals surface area (Å²) in [5.41, 5.74) is -1.34. The number of H-pyrrole nitrogens is 1. The molecule has 0 aliphatic carbocycles. The monoisotopic (exact) mass is 362 g/mol. The maximum Gasteiger partial charge on any atom is 0.275 e. The Labute approximate surface area is 153 Å². The Kier molecular flexibility index (Phi) is 6.62. The quantitative estimate of drug-likeness (QED) is 0.635. The molecule has 144 valence electrons. The Morgan fingerprint density at radius 2 is 1.65 bits per heavy atom. The Morgan fingerprint density at radius 1 is 0.962 bits per heavy atom. The molecule has 0 radical (unpaired) electrons. The molecule has 6 nitrogen and oxygen atoms in total. The van der Waals surface area contributed by atoms with Gasteiger partial charge in [-0.15, -0.1) is 0 Å². The fourth-order valence-electron chi connectivity index (χ4n) is 3.89. The molecule has 0 saturated carbocycles. The third-order valence-electron chi connectivity index (χ3n) is 5.39. The van der Waals surface area contributed by atoms with Crippen LogP contribution in [0.4, 0.5) is 0 Å². The molecule has 2 atom stereocenters. The Bertz CT molecular complexity index is 868. The van der Waals surface area contributed by atoms with Crippen LogP contribution in [0.2, 0.25) is 0 Å². The van der Waals surface area contributed by atoms with Crippen molar-refractivity contribution in [3.8, 4) is 16.9 Å². The number of aromatic nitrogens is 2. The molecular formula is C20H30N2O4. The van der Waals surface area contributed by atoms with Crippen molar-refractivity contribution in [2.75, 3.05) is 0 Å². The Balaban J connectivity index is 2.59. The van der Waals surface area contributed by atoms with E-state index in [1.165, 1.54) is 0 Å². The smallest absolute Gasteiger partial charge is 0.275 e. The predicted molar refractivity (Wildman–Crippen MR) is 104 cm³/mol. The summed E-state index contributed by atoms with van der Waals surface area (Å²) < 4.78 is 1.64. The van der Waals surface area contributed by atoms with Crippen LogP contribution in [-0.2, 0) is 6.42 Å². The molecule has 0 bridgehead atoms. The number of hydrogen-bond donors (Lipinski definition) is 2. The van der Waals surface area contributed by atoms with Crippen molar-refractivity contribution in [2.24, 2.45) is 5.92 Å². The van der Waals surface area contributed by atoms with Gasteiger partial charge in [-0.05, 0) is 25.2 Å². The molecule has 2 aromatic rings. The van der Waals surface area contributed by atoms with E-state index >= 15 is 0 Å². The molecule has 1 aromatic heterocycles. The van der Waals surface area contributed by atoms with Gasteiger partial charge in [-0.1, -0.05) is 53.4 Å². The van der Waals surface area contributed by atoms with Crippen molar-refractivity contribution in [1.82, 2.24) is 9.78 Å². The van der Waals surface area contributed by atoms with Gasteiger partial charge in [0.15, 0.2) is 5.75 Å². The highest BCUT2D eigenvalue weighted by atomic mass is 16.3. The summed E-state index contributed by atoms with van der Waals surface area (Å²) in [6, 6.07) is 0.0278. The second kappa shape index (κ2) is 8.52. The van der Waals surface area contributed by atoms with Crippen LogP contribution in [0.1, 0.15) is 78.0 Å². The predicted octanol–water partition coefficient (Wildman–Crippen LogP) is 3.27. The lowest BCUT2D eigenvalue weighted by Crippen LogP contribution is -2.35. The average molecular weight is 362 g/mol. The van der Waals surface area contributed by atoms with E-state index in [2.05, 4.69) is 25.9 Å². The van der Waals surface area contributed by atoms with Crippen LogP contribution in [0.15, 0.2) is 14.4 Å². The lowest BCUT2D eigenvalue weighted by molar-refractivity contribution is 0.253. The summed E-state index contributed by atoms with van der Waals surface area (Å²) >= 11 is 0. The molecule has 1 aromatic carbocycles. The minimum atomic E-state index is -0.908. The number of rotatable bonds is 10. The van der Waals surface area contributed by atoms with Gasteiger partial charge >= 0.3 is 0 Å². The van der Waals surface area contributed by atoms with Gasteiger partial charge in [0.25, 0.3) is 11.0 Å². The lowest BCUT2D eigenvalue weighted by atomic mass is 9.89. The van der Waals surface area contributed by atoms with E-state index in [1.807, 2.05) is 6.92 Å². The first kappa shape index (κ1) is 20.2. The maximum atomic E-state index is 13.1. The van der Waals surface area contributed by atoms with Gasteiger partial charge in [0, 0.05) is 5.69 Å². The number of nitrogens with one attached hydrogen (secondary N) is 1. The van der Waals surface area contributed by atoms with E-state index in [1.54, 1.807) is 4.68 Å². The van der Waals surface area contributed by atoms with E-state index in [-0.39, 0.29) is 22.7 Å². The topological polar surface area (TPSA) is 92.2 Å². The fraction of sp³-hybridized carbons (Fsp3) is 0.650. The van der Waals surface area contributed by atoms with Crippen molar-refractivity contribution in [3.63, 3.8) is 0 Å². The second-order valence-corrected chi connectivity index (χ2v) is 7.04. The second-order valence-electron chi connectivity index (χ2n) is 7.04. The first-order chi connectivity index (χ1) is 12.4. The van der Waals surface area contributed by atoms with Crippen LogP contribution in [0.5, 0.6) is 5.75 Å². The molecule has 0 spiro atoms. The molecule has 0 aliphatic rings. The number of aryl methyl sites for hydroxylation is 1. The summed E-state index contributed by atoms with van der Waals surface area (Å²) in [5.74, 6) is -0.222. The molecule has 1 heterocycles. The van der Waals surface area contributed by atoms with Crippen LogP contribution < -0.4 is 16.4 Å². The first-order valence-corrected chi connectivity index (χ1v) is 9.78. The summed E-state index contributed by atoms with van der Waals surface area (Å²) in [7, 11) is 0. The molecule has 6 heteroatoms. The van der Waals surface area contributed by atoms with Gasteiger partial charge in [-0.25, -0.2) is 4.68 Å². The van der Waals surface area contributed by atoms with Crippen LogP contribution in [0.3, 0.4) is 0 Å². The third kappa shape index (κ3) is 3.41. The molecule has 2 rings (SSSR count). The standard InChI is InChI=1S/C20H30N2O4/c1-5-9-11-14(12(7-3)10-6-2)22-20(26)15(13(8-4)21-22)16-17(23)19(25)18(16)24/h12,14,21,23H,5-11H2,1-4H3. The summed E-state index contributed by atoms with van der Waals surface area (Å²) in [4.78, 5) is 36.4. The van der Waals surface area contributed by atoms with Crippen molar-refractivity contribution < 1.29 is 5.11 Å².